The molecule has 0 fully saturated rings. The zero-order chi connectivity index (χ0) is 13.3. The highest BCUT2D eigenvalue weighted by atomic mass is 32.2. The first kappa shape index (κ1) is 13.3. The third-order valence-electron chi connectivity index (χ3n) is 3.15. The van der Waals surface area contributed by atoms with Crippen LogP contribution in [0.2, 0.25) is 0 Å². The Morgan fingerprint density at radius 1 is 1.33 bits per heavy atom. The van der Waals surface area contributed by atoms with E-state index in [1.807, 2.05) is 12.2 Å². The van der Waals surface area contributed by atoms with Crippen molar-refractivity contribution in [2.75, 3.05) is 13.1 Å². The van der Waals surface area contributed by atoms with Crippen molar-refractivity contribution in [1.82, 2.24) is 4.31 Å². The Morgan fingerprint density at radius 2 is 2.06 bits per heavy atom. The topological polar surface area (TPSA) is 76.5 Å². The van der Waals surface area contributed by atoms with Gasteiger partial charge in [-0.1, -0.05) is 12.2 Å². The lowest BCUT2D eigenvalue weighted by atomic mass is 10.2. The predicted molar refractivity (Wildman–Crippen MR) is 68.6 cm³/mol. The molecule has 0 saturated heterocycles. The summed E-state index contributed by atoms with van der Waals surface area (Å²) >= 11 is 0. The van der Waals surface area contributed by atoms with E-state index in [1.165, 1.54) is 4.31 Å². The summed E-state index contributed by atoms with van der Waals surface area (Å²) in [4.78, 5) is 0.248. The van der Waals surface area contributed by atoms with Crippen LogP contribution in [0.1, 0.15) is 23.5 Å². The molecule has 5 nitrogen and oxygen atoms in total. The fourth-order valence-electron chi connectivity index (χ4n) is 2.25. The van der Waals surface area contributed by atoms with Gasteiger partial charge >= 0.3 is 0 Å². The van der Waals surface area contributed by atoms with Gasteiger partial charge in [0.05, 0.1) is 0 Å². The van der Waals surface area contributed by atoms with Gasteiger partial charge in [-0.3, -0.25) is 0 Å². The number of rotatable bonds is 3. The number of furan rings is 1. The van der Waals surface area contributed by atoms with Crippen molar-refractivity contribution in [2.24, 2.45) is 5.73 Å². The van der Waals surface area contributed by atoms with Gasteiger partial charge in [-0.15, -0.1) is 0 Å². The molecule has 6 heteroatoms. The van der Waals surface area contributed by atoms with E-state index in [0.29, 0.717) is 30.2 Å². The van der Waals surface area contributed by atoms with E-state index in [1.54, 1.807) is 13.8 Å². The van der Waals surface area contributed by atoms with E-state index in [-0.39, 0.29) is 11.4 Å². The number of nitrogens with two attached hydrogens (primary N) is 1. The van der Waals surface area contributed by atoms with Crippen LogP contribution in [0, 0.1) is 13.8 Å². The van der Waals surface area contributed by atoms with E-state index in [9.17, 15) is 8.42 Å². The first-order chi connectivity index (χ1) is 8.48. The minimum Gasteiger partial charge on any atom is -0.465 e. The quantitative estimate of drug-likeness (QED) is 0.840. The maximum atomic E-state index is 12.6. The Kier molecular flexibility index (Phi) is 3.61. The summed E-state index contributed by atoms with van der Waals surface area (Å²) in [7, 11) is -3.51. The number of sulfonamides is 1. The van der Waals surface area contributed by atoms with Crippen molar-refractivity contribution in [3.63, 3.8) is 0 Å². The lowest BCUT2D eigenvalue weighted by Crippen LogP contribution is -2.34. The molecule has 2 heterocycles. The zero-order valence-corrected chi connectivity index (χ0v) is 11.5. The van der Waals surface area contributed by atoms with Crippen molar-refractivity contribution in [3.8, 4) is 0 Å². The standard InChI is InChI=1S/C12H18N2O3S/c1-9-11(8-13)12(10(2)17-9)18(15,16)14-6-4-3-5-7-14/h3-4H,5-8,13H2,1-2H3. The second-order valence-corrected chi connectivity index (χ2v) is 6.22. The molecule has 0 saturated carbocycles. The van der Waals surface area contributed by atoms with Gasteiger partial charge in [0.15, 0.2) is 0 Å². The van der Waals surface area contributed by atoms with Gasteiger partial charge in [-0.2, -0.15) is 4.31 Å². The normalized spacial score (nSPS) is 17.3. The molecule has 1 aromatic heterocycles. The molecule has 100 valence electrons. The minimum absolute atomic E-state index is 0.168. The molecule has 1 aliphatic heterocycles. The highest BCUT2D eigenvalue weighted by Gasteiger charge is 2.31. The van der Waals surface area contributed by atoms with Gasteiger partial charge in [-0.25, -0.2) is 8.42 Å². The van der Waals surface area contributed by atoms with Crippen LogP contribution in [0.4, 0.5) is 0 Å². The third-order valence-corrected chi connectivity index (χ3v) is 5.21. The molecule has 2 N–H and O–H groups in total. The lowest BCUT2D eigenvalue weighted by Gasteiger charge is -2.23. The first-order valence-corrected chi connectivity index (χ1v) is 7.36. The number of nitrogens with zero attached hydrogens (tertiary/aromatic N) is 1. The summed E-state index contributed by atoms with van der Waals surface area (Å²) in [5, 5.41) is 0. The smallest absolute Gasteiger partial charge is 0.247 e. The summed E-state index contributed by atoms with van der Waals surface area (Å²) in [5.41, 5.74) is 6.22. The molecule has 0 bridgehead atoms. The Hall–Kier alpha value is -1.11. The van der Waals surface area contributed by atoms with Crippen LogP contribution >= 0.6 is 0 Å². The average molecular weight is 270 g/mol. The van der Waals surface area contributed by atoms with Crippen LogP contribution in [0.5, 0.6) is 0 Å². The van der Waals surface area contributed by atoms with Crippen molar-refractivity contribution in [3.05, 3.63) is 29.2 Å². The molecule has 0 unspecified atom stereocenters. The van der Waals surface area contributed by atoms with Gasteiger partial charge < -0.3 is 10.2 Å². The third kappa shape index (κ3) is 2.11. The van der Waals surface area contributed by atoms with Crippen molar-refractivity contribution < 1.29 is 12.8 Å². The molecule has 2 rings (SSSR count). The fourth-order valence-corrected chi connectivity index (χ4v) is 4.08. The fraction of sp³-hybridized carbons (Fsp3) is 0.500. The molecule has 0 aliphatic carbocycles. The maximum absolute atomic E-state index is 12.6. The van der Waals surface area contributed by atoms with Gasteiger partial charge in [-0.05, 0) is 20.3 Å². The van der Waals surface area contributed by atoms with E-state index in [0.717, 1.165) is 6.42 Å². The molecule has 0 spiro atoms. The number of hydrogen-bond donors (Lipinski definition) is 1. The molecule has 18 heavy (non-hydrogen) atoms. The predicted octanol–water partition coefficient (Wildman–Crippen LogP) is 1.31. The Labute approximate surface area is 107 Å². The van der Waals surface area contributed by atoms with Crippen LogP contribution in [0.25, 0.3) is 0 Å². The SMILES string of the molecule is Cc1oc(C)c(S(=O)(=O)N2CC=CCC2)c1CN. The molecular formula is C12H18N2O3S. The first-order valence-electron chi connectivity index (χ1n) is 5.92. The minimum atomic E-state index is -3.51. The summed E-state index contributed by atoms with van der Waals surface area (Å²) in [5.74, 6) is 1.00. The summed E-state index contributed by atoms with van der Waals surface area (Å²) < 4.78 is 32.0. The van der Waals surface area contributed by atoms with Crippen molar-refractivity contribution in [2.45, 2.75) is 31.7 Å². The molecule has 1 aliphatic rings. The van der Waals surface area contributed by atoms with Crippen LogP contribution in [0.3, 0.4) is 0 Å². The van der Waals surface area contributed by atoms with Gasteiger partial charge in [0, 0.05) is 25.2 Å². The average Bonchev–Trinajstić information content (AvgIpc) is 2.65. The highest BCUT2D eigenvalue weighted by molar-refractivity contribution is 7.89. The highest BCUT2D eigenvalue weighted by Crippen LogP contribution is 2.29. The summed E-state index contributed by atoms with van der Waals surface area (Å²) in [6.45, 7) is 4.49. The molecule has 0 amide bonds. The Balaban J connectivity index is 2.50. The number of aryl methyl sites for hydroxylation is 2. The van der Waals surface area contributed by atoms with Gasteiger partial charge in [0.2, 0.25) is 10.0 Å². The second-order valence-electron chi connectivity index (χ2n) is 4.35. The summed E-state index contributed by atoms with van der Waals surface area (Å²) in [6.07, 6.45) is 4.60. The van der Waals surface area contributed by atoms with Gasteiger partial charge in [0.1, 0.15) is 16.4 Å². The second kappa shape index (κ2) is 4.87. The molecule has 0 aromatic carbocycles. The Morgan fingerprint density at radius 3 is 2.61 bits per heavy atom. The molecule has 1 aromatic rings. The molecule has 0 atom stereocenters. The monoisotopic (exact) mass is 270 g/mol. The van der Waals surface area contributed by atoms with Crippen LogP contribution < -0.4 is 5.73 Å². The largest absolute Gasteiger partial charge is 0.465 e. The van der Waals surface area contributed by atoms with E-state index >= 15 is 0 Å². The summed E-state index contributed by atoms with van der Waals surface area (Å²) in [6, 6.07) is 0. The van der Waals surface area contributed by atoms with Gasteiger partial charge in [0.25, 0.3) is 0 Å². The molecular weight excluding hydrogens is 252 g/mol. The molecule has 0 radical (unpaired) electrons. The van der Waals surface area contributed by atoms with E-state index in [4.69, 9.17) is 10.2 Å². The Bertz CT molecular complexity index is 572. The van der Waals surface area contributed by atoms with Crippen LogP contribution in [0.15, 0.2) is 21.5 Å². The van der Waals surface area contributed by atoms with Crippen molar-refractivity contribution >= 4 is 10.0 Å². The lowest BCUT2D eigenvalue weighted by molar-refractivity contribution is 0.433. The van der Waals surface area contributed by atoms with E-state index in [2.05, 4.69) is 0 Å². The maximum Gasteiger partial charge on any atom is 0.247 e. The number of hydrogen-bond acceptors (Lipinski definition) is 4. The van der Waals surface area contributed by atoms with E-state index < -0.39 is 10.0 Å². The van der Waals surface area contributed by atoms with Crippen LogP contribution in [-0.2, 0) is 16.6 Å². The zero-order valence-electron chi connectivity index (χ0n) is 10.6. The van der Waals surface area contributed by atoms with Crippen LogP contribution in [-0.4, -0.2) is 25.8 Å². The van der Waals surface area contributed by atoms with Crippen molar-refractivity contribution in [1.29, 1.82) is 0 Å².